The van der Waals surface area contributed by atoms with Crippen molar-refractivity contribution in [2.45, 2.75) is 63.6 Å². The molecular weight excluding hydrogens is 272 g/mol. The van der Waals surface area contributed by atoms with Crippen LogP contribution in [0.2, 0.25) is 0 Å². The Morgan fingerprint density at radius 1 is 1.14 bits per heavy atom. The Kier molecular flexibility index (Phi) is 1.94. The van der Waals surface area contributed by atoms with Gasteiger partial charge < -0.3 is 18.9 Å². The van der Waals surface area contributed by atoms with Crippen LogP contribution in [-0.2, 0) is 23.7 Å². The van der Waals surface area contributed by atoms with Crippen molar-refractivity contribution in [3.05, 3.63) is 0 Å². The molecule has 5 aliphatic rings. The summed E-state index contributed by atoms with van der Waals surface area (Å²) in [5.74, 6) is -1.18. The Hall–Kier alpha value is -0.650. The lowest BCUT2D eigenvalue weighted by atomic mass is 9.25. The van der Waals surface area contributed by atoms with Crippen LogP contribution in [0.1, 0.15) is 46.5 Å². The van der Waals surface area contributed by atoms with Gasteiger partial charge in [-0.05, 0) is 19.8 Å². The molecule has 5 fully saturated rings. The molecule has 0 amide bonds. The van der Waals surface area contributed by atoms with E-state index in [1.54, 1.807) is 0 Å². The fraction of sp³-hybridized carbons (Fsp3) is 0.938. The lowest BCUT2D eigenvalue weighted by Gasteiger charge is -2.83. The number of carbonyl (C=O) groups excluding carboxylic acids is 1. The number of rotatable bonds is 0. The van der Waals surface area contributed by atoms with Crippen molar-refractivity contribution in [2.24, 2.45) is 16.7 Å². The summed E-state index contributed by atoms with van der Waals surface area (Å²) >= 11 is 0. The van der Waals surface area contributed by atoms with Crippen LogP contribution >= 0.6 is 0 Å². The zero-order chi connectivity index (χ0) is 14.7. The van der Waals surface area contributed by atoms with E-state index in [1.165, 1.54) is 0 Å². The van der Waals surface area contributed by atoms with Gasteiger partial charge in [-0.3, -0.25) is 4.79 Å². The Morgan fingerprint density at radius 2 is 1.86 bits per heavy atom. The van der Waals surface area contributed by atoms with E-state index in [9.17, 15) is 4.79 Å². The van der Waals surface area contributed by atoms with Crippen molar-refractivity contribution in [3.63, 3.8) is 0 Å². The molecule has 3 spiro atoms. The fourth-order valence-electron chi connectivity index (χ4n) is 6.71. The van der Waals surface area contributed by atoms with Crippen LogP contribution in [0.3, 0.4) is 0 Å². The summed E-state index contributed by atoms with van der Waals surface area (Å²) in [6.45, 7) is 7.01. The topological polar surface area (TPSA) is 54.0 Å². The molecule has 3 aliphatic carbocycles. The second-order valence-electron chi connectivity index (χ2n) is 7.95. The van der Waals surface area contributed by atoms with E-state index in [1.807, 2.05) is 13.8 Å². The summed E-state index contributed by atoms with van der Waals surface area (Å²) in [6.07, 6.45) is 3.75. The van der Waals surface area contributed by atoms with Gasteiger partial charge in [0, 0.05) is 31.6 Å². The third-order valence-electron chi connectivity index (χ3n) is 7.01. The van der Waals surface area contributed by atoms with Crippen molar-refractivity contribution in [3.8, 4) is 0 Å². The lowest BCUT2D eigenvalue weighted by molar-refractivity contribution is -0.513. The number of cyclic esters (lactones) is 1. The van der Waals surface area contributed by atoms with Crippen molar-refractivity contribution >= 4 is 5.97 Å². The molecule has 5 heteroatoms. The monoisotopic (exact) mass is 294 g/mol. The molecule has 2 heterocycles. The molecule has 0 radical (unpaired) electrons. The SMILES string of the molecule is CC1(C)OC(=O)[C@@]23CC4(OCCO4)[C@@]24CCC[C@H]4[C@@]3(C)O1. The smallest absolute Gasteiger partial charge is 0.318 e. The number of carbonyl (C=O) groups is 1. The highest BCUT2D eigenvalue weighted by molar-refractivity contribution is 5.86. The largest absolute Gasteiger partial charge is 0.433 e. The number of esters is 1. The van der Waals surface area contributed by atoms with E-state index in [0.29, 0.717) is 25.6 Å². The van der Waals surface area contributed by atoms with Crippen LogP contribution in [0.4, 0.5) is 0 Å². The van der Waals surface area contributed by atoms with Crippen molar-refractivity contribution < 1.29 is 23.7 Å². The zero-order valence-corrected chi connectivity index (χ0v) is 12.9. The van der Waals surface area contributed by atoms with Crippen LogP contribution in [-0.4, -0.2) is 36.4 Å². The first-order chi connectivity index (χ1) is 9.84. The third-order valence-corrected chi connectivity index (χ3v) is 7.01. The standard InChI is InChI=1S/C16H22O5/c1-12(2)20-11(17)15-9-16(18-7-8-19-16)14(15)6-4-5-10(14)13(15,3)21-12/h10H,4-9H2,1-3H3/t10-,13+,14+,15+/m0/s1. The predicted octanol–water partition coefficient (Wildman–Crippen LogP) is 1.99. The molecular formula is C16H22O5. The van der Waals surface area contributed by atoms with Crippen LogP contribution in [0.5, 0.6) is 0 Å². The number of hydrogen-bond acceptors (Lipinski definition) is 5. The van der Waals surface area contributed by atoms with Crippen LogP contribution in [0.25, 0.3) is 0 Å². The average molecular weight is 294 g/mol. The van der Waals surface area contributed by atoms with Crippen molar-refractivity contribution in [1.82, 2.24) is 0 Å². The van der Waals surface area contributed by atoms with Gasteiger partial charge in [-0.25, -0.2) is 0 Å². The van der Waals surface area contributed by atoms with Gasteiger partial charge in [-0.1, -0.05) is 6.42 Å². The minimum atomic E-state index is -0.841. The Balaban J connectivity index is 1.66. The van der Waals surface area contributed by atoms with Gasteiger partial charge in [0.25, 0.3) is 0 Å². The van der Waals surface area contributed by atoms with Gasteiger partial charge in [0.1, 0.15) is 5.41 Å². The highest BCUT2D eigenvalue weighted by Gasteiger charge is 2.98. The van der Waals surface area contributed by atoms with E-state index in [-0.39, 0.29) is 11.4 Å². The lowest BCUT2D eigenvalue weighted by Crippen LogP contribution is -2.94. The molecule has 3 saturated carbocycles. The van der Waals surface area contributed by atoms with Crippen molar-refractivity contribution in [1.29, 1.82) is 0 Å². The second kappa shape index (κ2) is 3.17. The first-order valence-electron chi connectivity index (χ1n) is 8.05. The van der Waals surface area contributed by atoms with Gasteiger partial charge in [0.15, 0.2) is 5.79 Å². The minimum absolute atomic E-state index is 0.107. The van der Waals surface area contributed by atoms with Crippen molar-refractivity contribution in [2.75, 3.05) is 13.2 Å². The molecule has 0 N–H and O–H groups in total. The van der Waals surface area contributed by atoms with Gasteiger partial charge in [-0.15, -0.1) is 0 Å². The number of hydrogen-bond donors (Lipinski definition) is 0. The summed E-state index contributed by atoms with van der Waals surface area (Å²) in [5, 5.41) is 0. The second-order valence-corrected chi connectivity index (χ2v) is 7.95. The van der Waals surface area contributed by atoms with Crippen LogP contribution in [0.15, 0.2) is 0 Å². The molecule has 116 valence electrons. The molecule has 2 aliphatic heterocycles. The number of ether oxygens (including phenoxy) is 4. The zero-order valence-electron chi connectivity index (χ0n) is 12.9. The summed E-state index contributed by atoms with van der Waals surface area (Å²) in [5.41, 5.74) is -1.23. The summed E-state index contributed by atoms with van der Waals surface area (Å²) in [4.78, 5) is 12.9. The maximum absolute atomic E-state index is 12.9. The van der Waals surface area contributed by atoms with E-state index in [0.717, 1.165) is 19.3 Å². The Morgan fingerprint density at radius 3 is 2.57 bits per heavy atom. The van der Waals surface area contributed by atoms with Gasteiger partial charge >= 0.3 is 5.97 Å². The first kappa shape index (κ1) is 12.9. The molecule has 0 bridgehead atoms. The molecule has 5 rings (SSSR count). The molecule has 0 aromatic carbocycles. The molecule has 5 nitrogen and oxygen atoms in total. The van der Waals surface area contributed by atoms with Gasteiger partial charge in [0.05, 0.1) is 18.8 Å². The molecule has 0 aromatic rings. The maximum atomic E-state index is 12.9. The molecule has 21 heavy (non-hydrogen) atoms. The molecule has 2 saturated heterocycles. The van der Waals surface area contributed by atoms with Gasteiger partial charge in [-0.2, -0.15) is 0 Å². The highest BCUT2D eigenvalue weighted by atomic mass is 16.8. The highest BCUT2D eigenvalue weighted by Crippen LogP contribution is 2.89. The first-order valence-corrected chi connectivity index (χ1v) is 8.05. The van der Waals surface area contributed by atoms with Gasteiger partial charge in [0.2, 0.25) is 5.79 Å². The minimum Gasteiger partial charge on any atom is -0.433 e. The Bertz CT molecular complexity index is 551. The summed E-state index contributed by atoms with van der Waals surface area (Å²) < 4.78 is 24.0. The average Bonchev–Trinajstić information content (AvgIpc) is 3.01. The number of fused-ring (bicyclic) bond motifs is 1. The third kappa shape index (κ3) is 0.974. The normalized spacial score (nSPS) is 55.0. The van der Waals surface area contributed by atoms with E-state index in [2.05, 4.69) is 6.92 Å². The van der Waals surface area contributed by atoms with E-state index < -0.39 is 22.6 Å². The van der Waals surface area contributed by atoms with Crippen LogP contribution < -0.4 is 0 Å². The fourth-order valence-corrected chi connectivity index (χ4v) is 6.71. The molecule has 0 unspecified atom stereocenters. The van der Waals surface area contributed by atoms with E-state index in [4.69, 9.17) is 18.9 Å². The summed E-state index contributed by atoms with van der Waals surface area (Å²) in [7, 11) is 0. The quantitative estimate of drug-likeness (QED) is 0.640. The Labute approximate surface area is 124 Å². The molecule has 4 atom stereocenters. The maximum Gasteiger partial charge on any atom is 0.318 e. The van der Waals surface area contributed by atoms with E-state index >= 15 is 0 Å². The van der Waals surface area contributed by atoms with Crippen LogP contribution in [0, 0.1) is 16.7 Å². The summed E-state index contributed by atoms with van der Waals surface area (Å²) in [6, 6.07) is 0. The predicted molar refractivity (Wildman–Crippen MR) is 71.1 cm³/mol. The molecule has 0 aromatic heterocycles.